The second kappa shape index (κ2) is 8.41. The van der Waals surface area contributed by atoms with Crippen LogP contribution in [0.5, 0.6) is 0 Å². The zero-order valence-electron chi connectivity index (χ0n) is 15.7. The summed E-state index contributed by atoms with van der Waals surface area (Å²) in [5, 5.41) is 12.5. The van der Waals surface area contributed by atoms with Crippen molar-refractivity contribution >= 4 is 23.0 Å². The number of aliphatic hydroxyl groups excluding tert-OH is 1. The number of Topliss-reactive ketones (excluding diaryl/α,β-unsaturated/α-hetero) is 1. The van der Waals surface area contributed by atoms with E-state index in [1.807, 2.05) is 53.9 Å². The van der Waals surface area contributed by atoms with Crippen LogP contribution in [0.3, 0.4) is 0 Å². The van der Waals surface area contributed by atoms with Crippen molar-refractivity contribution in [3.8, 4) is 0 Å². The predicted molar refractivity (Wildman–Crippen MR) is 111 cm³/mol. The summed E-state index contributed by atoms with van der Waals surface area (Å²) in [6, 6.07) is 18.2. The molecule has 1 unspecified atom stereocenters. The minimum absolute atomic E-state index is 0.140. The molecule has 1 atom stereocenters. The molecule has 1 aliphatic rings. The third-order valence-corrected chi connectivity index (χ3v) is 5.82. The lowest BCUT2D eigenvalue weighted by atomic mass is 9.95. The number of hydrogen-bond donors (Lipinski definition) is 1. The van der Waals surface area contributed by atoms with Crippen molar-refractivity contribution in [3.63, 3.8) is 0 Å². The van der Waals surface area contributed by atoms with Gasteiger partial charge in [0.15, 0.2) is 11.5 Å². The summed E-state index contributed by atoms with van der Waals surface area (Å²) in [5.74, 6) is -1.23. The lowest BCUT2D eigenvalue weighted by Crippen LogP contribution is -2.30. The van der Waals surface area contributed by atoms with Crippen LogP contribution in [0, 0.1) is 0 Å². The molecule has 29 heavy (non-hydrogen) atoms. The summed E-state index contributed by atoms with van der Waals surface area (Å²) in [6.45, 7) is 0.317. The molecule has 1 aliphatic heterocycles. The number of rotatable bonds is 7. The Balaban J connectivity index is 1.64. The van der Waals surface area contributed by atoms with Gasteiger partial charge in [-0.1, -0.05) is 42.5 Å². The zero-order chi connectivity index (χ0) is 20.2. The normalized spacial score (nSPS) is 16.5. The smallest absolute Gasteiger partial charge is 0.290 e. The second-order valence-electron chi connectivity index (χ2n) is 6.84. The molecule has 1 N–H and O–H groups in total. The Hall–Kier alpha value is -3.25. The highest BCUT2D eigenvalue weighted by molar-refractivity contribution is 7.09. The first-order valence-electron chi connectivity index (χ1n) is 9.39. The first-order valence-corrected chi connectivity index (χ1v) is 10.3. The predicted octanol–water partition coefficient (Wildman–Crippen LogP) is 4.24. The number of thiophene rings is 1. The molecule has 6 heteroatoms. The topological polar surface area (TPSA) is 70.5 Å². The molecule has 1 amide bonds. The van der Waals surface area contributed by atoms with E-state index in [0.717, 1.165) is 10.4 Å². The Kier molecular flexibility index (Phi) is 5.53. The van der Waals surface area contributed by atoms with Gasteiger partial charge in [-0.25, -0.2) is 0 Å². The minimum atomic E-state index is -0.686. The average Bonchev–Trinajstić information content (AvgIpc) is 3.36. The molecule has 0 saturated carbocycles. The van der Waals surface area contributed by atoms with Gasteiger partial charge >= 0.3 is 0 Å². The molecule has 0 spiro atoms. The quantitative estimate of drug-likeness (QED) is 0.639. The molecular formula is C23H20N2O3S. The Morgan fingerprint density at radius 3 is 2.55 bits per heavy atom. The molecular weight excluding hydrogens is 384 g/mol. The largest absolute Gasteiger partial charge is 0.503 e. The highest BCUT2D eigenvalue weighted by Gasteiger charge is 2.43. The van der Waals surface area contributed by atoms with Crippen LogP contribution in [-0.2, 0) is 22.6 Å². The molecule has 0 saturated heterocycles. The van der Waals surface area contributed by atoms with E-state index < -0.39 is 17.7 Å². The number of benzene rings is 1. The van der Waals surface area contributed by atoms with Gasteiger partial charge in [0.05, 0.1) is 17.8 Å². The van der Waals surface area contributed by atoms with Crippen LogP contribution < -0.4 is 0 Å². The number of aromatic nitrogens is 1. The fraction of sp³-hybridized carbons (Fsp3) is 0.174. The number of nitrogens with zero attached hydrogens (tertiary/aromatic N) is 2. The molecule has 0 radical (unpaired) electrons. The van der Waals surface area contributed by atoms with Crippen LogP contribution in [0.1, 0.15) is 28.6 Å². The molecule has 1 aromatic carbocycles. The van der Waals surface area contributed by atoms with Crippen LogP contribution in [0.2, 0.25) is 0 Å². The van der Waals surface area contributed by atoms with E-state index in [9.17, 15) is 14.7 Å². The lowest BCUT2D eigenvalue weighted by Gasteiger charge is -2.25. The summed E-state index contributed by atoms with van der Waals surface area (Å²) in [7, 11) is 0. The maximum atomic E-state index is 13.1. The Labute approximate surface area is 173 Å². The van der Waals surface area contributed by atoms with Crippen molar-refractivity contribution in [3.05, 3.63) is 99.7 Å². The van der Waals surface area contributed by atoms with Crippen LogP contribution in [0.25, 0.3) is 0 Å². The number of amides is 1. The monoisotopic (exact) mass is 404 g/mol. The van der Waals surface area contributed by atoms with Crippen molar-refractivity contribution in [2.45, 2.75) is 25.4 Å². The van der Waals surface area contributed by atoms with Crippen molar-refractivity contribution < 1.29 is 14.7 Å². The molecule has 0 aliphatic carbocycles. The van der Waals surface area contributed by atoms with Crippen LogP contribution in [0.4, 0.5) is 0 Å². The van der Waals surface area contributed by atoms with Gasteiger partial charge in [0.2, 0.25) is 0 Å². The molecule has 0 bridgehead atoms. The fourth-order valence-electron chi connectivity index (χ4n) is 3.55. The van der Waals surface area contributed by atoms with Crippen molar-refractivity contribution in [2.75, 3.05) is 0 Å². The van der Waals surface area contributed by atoms with Crippen molar-refractivity contribution in [2.24, 2.45) is 0 Å². The standard InChI is InChI=1S/C23H20N2O3S/c26-19(12-11-16-7-2-1-3-8-16)20-21(18-10-4-5-13-24-18)25(23(28)22(20)27)15-17-9-6-14-29-17/h1-10,13-14,21,27H,11-12,15H2. The lowest BCUT2D eigenvalue weighted by molar-refractivity contribution is -0.130. The molecule has 146 valence electrons. The van der Waals surface area contributed by atoms with E-state index >= 15 is 0 Å². The summed E-state index contributed by atoms with van der Waals surface area (Å²) in [5.41, 5.74) is 1.75. The van der Waals surface area contributed by atoms with Gasteiger partial charge in [0.25, 0.3) is 5.91 Å². The van der Waals surface area contributed by atoms with Gasteiger partial charge in [0.1, 0.15) is 6.04 Å². The van der Waals surface area contributed by atoms with E-state index in [1.54, 1.807) is 18.3 Å². The van der Waals surface area contributed by atoms with Crippen LogP contribution in [0.15, 0.2) is 83.6 Å². The maximum Gasteiger partial charge on any atom is 0.290 e. The van der Waals surface area contributed by atoms with Crippen LogP contribution in [-0.4, -0.2) is 26.7 Å². The summed E-state index contributed by atoms with van der Waals surface area (Å²) in [6.07, 6.45) is 2.39. The number of pyridine rings is 1. The minimum Gasteiger partial charge on any atom is -0.503 e. The van der Waals surface area contributed by atoms with E-state index in [-0.39, 0.29) is 17.8 Å². The van der Waals surface area contributed by atoms with E-state index in [4.69, 9.17) is 0 Å². The molecule has 3 aromatic rings. The van der Waals surface area contributed by atoms with E-state index in [2.05, 4.69) is 4.98 Å². The highest BCUT2D eigenvalue weighted by atomic mass is 32.1. The third-order valence-electron chi connectivity index (χ3n) is 4.96. The van der Waals surface area contributed by atoms with Crippen molar-refractivity contribution in [1.82, 2.24) is 9.88 Å². The maximum absolute atomic E-state index is 13.1. The summed E-state index contributed by atoms with van der Waals surface area (Å²) >= 11 is 1.53. The Morgan fingerprint density at radius 2 is 1.86 bits per heavy atom. The molecule has 2 aromatic heterocycles. The summed E-state index contributed by atoms with van der Waals surface area (Å²) in [4.78, 5) is 32.8. The number of ketones is 1. The first-order chi connectivity index (χ1) is 14.1. The van der Waals surface area contributed by atoms with Gasteiger partial charge in [-0.2, -0.15) is 0 Å². The molecule has 4 rings (SSSR count). The molecule has 5 nitrogen and oxygen atoms in total. The third kappa shape index (κ3) is 3.98. The van der Waals surface area contributed by atoms with Crippen molar-refractivity contribution in [1.29, 1.82) is 0 Å². The first kappa shape index (κ1) is 19.1. The van der Waals surface area contributed by atoms with Gasteiger partial charge < -0.3 is 10.0 Å². The van der Waals surface area contributed by atoms with E-state index in [0.29, 0.717) is 18.7 Å². The number of carbonyl (C=O) groups excluding carboxylic acids is 2. The number of hydrogen-bond acceptors (Lipinski definition) is 5. The fourth-order valence-corrected chi connectivity index (χ4v) is 4.26. The van der Waals surface area contributed by atoms with Gasteiger partial charge in [-0.05, 0) is 35.6 Å². The SMILES string of the molecule is O=C(CCc1ccccc1)C1=C(O)C(=O)N(Cc2cccs2)C1c1ccccn1. The highest BCUT2D eigenvalue weighted by Crippen LogP contribution is 2.38. The van der Waals surface area contributed by atoms with Gasteiger partial charge in [-0.3, -0.25) is 14.6 Å². The van der Waals surface area contributed by atoms with Gasteiger partial charge in [-0.15, -0.1) is 11.3 Å². The zero-order valence-corrected chi connectivity index (χ0v) is 16.5. The summed E-state index contributed by atoms with van der Waals surface area (Å²) < 4.78 is 0. The molecule has 3 heterocycles. The van der Waals surface area contributed by atoms with Crippen LogP contribution >= 0.6 is 11.3 Å². The Morgan fingerprint density at radius 1 is 1.07 bits per heavy atom. The van der Waals surface area contributed by atoms with E-state index in [1.165, 1.54) is 16.2 Å². The van der Waals surface area contributed by atoms with Gasteiger partial charge in [0, 0.05) is 17.5 Å². The average molecular weight is 404 g/mol. The second-order valence-corrected chi connectivity index (χ2v) is 7.87. The number of aryl methyl sites for hydroxylation is 1. The molecule has 0 fully saturated rings. The number of carbonyl (C=O) groups is 2. The Bertz CT molecular complexity index is 1030. The number of aliphatic hydroxyl groups is 1.